The highest BCUT2D eigenvalue weighted by Crippen LogP contribution is 2.10. The Hall–Kier alpha value is -1.10. The Bertz CT molecular complexity index is 304. The van der Waals surface area contributed by atoms with Crippen LogP contribution in [0.2, 0.25) is 0 Å². The molecule has 2 atom stereocenters. The number of rotatable bonds is 6. The first-order valence-electron chi connectivity index (χ1n) is 6.77. The molecule has 0 saturated heterocycles. The highest BCUT2D eigenvalue weighted by molar-refractivity contribution is 5.89. The van der Waals surface area contributed by atoms with Gasteiger partial charge in [0, 0.05) is 14.1 Å². The molecule has 112 valence electrons. The van der Waals surface area contributed by atoms with Crippen LogP contribution in [0.3, 0.4) is 0 Å². The third kappa shape index (κ3) is 5.19. The van der Waals surface area contributed by atoms with Crippen molar-refractivity contribution in [2.45, 2.75) is 39.8 Å². The molecule has 0 aliphatic carbocycles. The van der Waals surface area contributed by atoms with Crippen LogP contribution in [-0.2, 0) is 9.59 Å². The summed E-state index contributed by atoms with van der Waals surface area (Å²) < 4.78 is 0. The van der Waals surface area contributed by atoms with Gasteiger partial charge in [0.25, 0.3) is 0 Å². The van der Waals surface area contributed by atoms with E-state index in [4.69, 9.17) is 0 Å². The lowest BCUT2D eigenvalue weighted by atomic mass is 9.99. The summed E-state index contributed by atoms with van der Waals surface area (Å²) in [5.74, 6) is 0.101. The van der Waals surface area contributed by atoms with Gasteiger partial charge in [0.1, 0.15) is 6.04 Å². The van der Waals surface area contributed by atoms with Crippen LogP contribution in [0.15, 0.2) is 0 Å². The van der Waals surface area contributed by atoms with E-state index in [0.717, 1.165) is 0 Å². The summed E-state index contributed by atoms with van der Waals surface area (Å²) in [6.07, 6.45) is 0. The third-order valence-electron chi connectivity index (χ3n) is 3.13. The first-order chi connectivity index (χ1) is 8.59. The fourth-order valence-corrected chi connectivity index (χ4v) is 2.16. The SMILES string of the molecule is CC(C)C(NC(=O)[C@H](C(C)C)N(C)C)C(=O)N(C)C. The lowest BCUT2D eigenvalue weighted by Crippen LogP contribution is -2.55. The van der Waals surface area contributed by atoms with Gasteiger partial charge in [-0.05, 0) is 25.9 Å². The summed E-state index contributed by atoms with van der Waals surface area (Å²) >= 11 is 0. The lowest BCUT2D eigenvalue weighted by molar-refractivity contribution is -0.137. The molecular formula is C14H29N3O2. The van der Waals surface area contributed by atoms with E-state index in [1.165, 1.54) is 4.90 Å². The van der Waals surface area contributed by atoms with Crippen LogP contribution in [0.25, 0.3) is 0 Å². The van der Waals surface area contributed by atoms with E-state index in [-0.39, 0.29) is 29.7 Å². The van der Waals surface area contributed by atoms with Crippen molar-refractivity contribution in [1.29, 1.82) is 0 Å². The molecule has 0 aromatic heterocycles. The van der Waals surface area contributed by atoms with Gasteiger partial charge < -0.3 is 10.2 Å². The molecule has 0 saturated carbocycles. The standard InChI is InChI=1S/C14H29N3O2/c1-9(2)11(14(19)17(7)8)15-13(18)12(10(3)4)16(5)6/h9-12H,1-8H3,(H,15,18)/t11?,12-/m0/s1. The molecule has 19 heavy (non-hydrogen) atoms. The average Bonchev–Trinajstić information content (AvgIpc) is 2.23. The minimum absolute atomic E-state index is 0.0637. The van der Waals surface area contributed by atoms with Crippen molar-refractivity contribution in [2.75, 3.05) is 28.2 Å². The minimum Gasteiger partial charge on any atom is -0.347 e. The summed E-state index contributed by atoms with van der Waals surface area (Å²) in [6.45, 7) is 7.88. The van der Waals surface area contributed by atoms with Crippen molar-refractivity contribution in [3.05, 3.63) is 0 Å². The van der Waals surface area contributed by atoms with Gasteiger partial charge in [-0.25, -0.2) is 0 Å². The smallest absolute Gasteiger partial charge is 0.244 e. The zero-order chi connectivity index (χ0) is 15.3. The second-order valence-corrected chi connectivity index (χ2v) is 6.12. The van der Waals surface area contributed by atoms with Crippen molar-refractivity contribution in [3.63, 3.8) is 0 Å². The van der Waals surface area contributed by atoms with Crippen molar-refractivity contribution in [2.24, 2.45) is 11.8 Å². The Kier molecular flexibility index (Phi) is 7.05. The molecule has 1 unspecified atom stereocenters. The van der Waals surface area contributed by atoms with Crippen LogP contribution in [0.1, 0.15) is 27.7 Å². The number of hydrogen-bond donors (Lipinski definition) is 1. The van der Waals surface area contributed by atoms with Gasteiger partial charge in [-0.3, -0.25) is 14.5 Å². The summed E-state index contributed by atoms with van der Waals surface area (Å²) in [4.78, 5) is 27.8. The number of hydrogen-bond acceptors (Lipinski definition) is 3. The van der Waals surface area contributed by atoms with Crippen molar-refractivity contribution >= 4 is 11.8 Å². The number of nitrogens with zero attached hydrogens (tertiary/aromatic N) is 2. The van der Waals surface area contributed by atoms with E-state index in [1.807, 2.05) is 46.7 Å². The van der Waals surface area contributed by atoms with E-state index < -0.39 is 6.04 Å². The fourth-order valence-electron chi connectivity index (χ4n) is 2.16. The average molecular weight is 271 g/mol. The molecule has 5 nitrogen and oxygen atoms in total. The molecule has 2 amide bonds. The maximum Gasteiger partial charge on any atom is 0.244 e. The van der Waals surface area contributed by atoms with E-state index >= 15 is 0 Å². The molecule has 0 heterocycles. The number of likely N-dealkylation sites (N-methyl/N-ethyl adjacent to an activating group) is 2. The Morgan fingerprint density at radius 1 is 0.895 bits per heavy atom. The summed E-state index contributed by atoms with van der Waals surface area (Å²) in [5.41, 5.74) is 0. The van der Waals surface area contributed by atoms with E-state index in [2.05, 4.69) is 5.32 Å². The number of amides is 2. The highest BCUT2D eigenvalue weighted by Gasteiger charge is 2.30. The number of carbonyl (C=O) groups is 2. The van der Waals surface area contributed by atoms with Crippen molar-refractivity contribution in [3.8, 4) is 0 Å². The lowest BCUT2D eigenvalue weighted by Gasteiger charge is -2.31. The Labute approximate surface area is 117 Å². The third-order valence-corrected chi connectivity index (χ3v) is 3.13. The topological polar surface area (TPSA) is 52.7 Å². The Balaban J connectivity index is 4.95. The molecule has 0 fully saturated rings. The zero-order valence-corrected chi connectivity index (χ0v) is 13.5. The molecule has 0 aromatic rings. The Morgan fingerprint density at radius 2 is 1.37 bits per heavy atom. The molecule has 1 N–H and O–H groups in total. The van der Waals surface area contributed by atoms with Gasteiger partial charge in [0.05, 0.1) is 6.04 Å². The van der Waals surface area contributed by atoms with Crippen LogP contribution >= 0.6 is 0 Å². The molecule has 0 rings (SSSR count). The van der Waals surface area contributed by atoms with Gasteiger partial charge >= 0.3 is 0 Å². The molecule has 0 aromatic carbocycles. The molecule has 0 radical (unpaired) electrons. The van der Waals surface area contributed by atoms with E-state index in [0.29, 0.717) is 0 Å². The zero-order valence-electron chi connectivity index (χ0n) is 13.5. The molecule has 0 aliphatic heterocycles. The summed E-state index contributed by atoms with van der Waals surface area (Å²) in [6, 6.07) is -0.695. The normalized spacial score (nSPS) is 14.7. The summed E-state index contributed by atoms with van der Waals surface area (Å²) in [7, 11) is 7.16. The maximum atomic E-state index is 12.3. The van der Waals surface area contributed by atoms with E-state index in [1.54, 1.807) is 14.1 Å². The fraction of sp³-hybridized carbons (Fsp3) is 0.857. The van der Waals surface area contributed by atoms with Crippen LogP contribution in [0.5, 0.6) is 0 Å². The predicted octanol–water partition coefficient (Wildman–Crippen LogP) is 0.802. The number of carbonyl (C=O) groups excluding carboxylic acids is 2. The van der Waals surface area contributed by atoms with Crippen LogP contribution in [-0.4, -0.2) is 61.9 Å². The number of nitrogens with one attached hydrogen (secondary N) is 1. The van der Waals surface area contributed by atoms with Gasteiger partial charge in [0.2, 0.25) is 11.8 Å². The minimum atomic E-state index is -0.469. The van der Waals surface area contributed by atoms with Crippen LogP contribution < -0.4 is 5.32 Å². The second kappa shape index (κ2) is 7.48. The molecule has 5 heteroatoms. The molecule has 0 spiro atoms. The van der Waals surface area contributed by atoms with Crippen molar-refractivity contribution < 1.29 is 9.59 Å². The monoisotopic (exact) mass is 271 g/mol. The van der Waals surface area contributed by atoms with E-state index in [9.17, 15) is 9.59 Å². The quantitative estimate of drug-likeness (QED) is 0.777. The van der Waals surface area contributed by atoms with Gasteiger partial charge in [-0.2, -0.15) is 0 Å². The molecular weight excluding hydrogens is 242 g/mol. The Morgan fingerprint density at radius 3 is 1.63 bits per heavy atom. The molecule has 0 bridgehead atoms. The predicted molar refractivity (Wildman–Crippen MR) is 77.8 cm³/mol. The van der Waals surface area contributed by atoms with Crippen molar-refractivity contribution in [1.82, 2.24) is 15.1 Å². The van der Waals surface area contributed by atoms with Crippen LogP contribution in [0, 0.1) is 11.8 Å². The summed E-state index contributed by atoms with van der Waals surface area (Å²) in [5, 5.41) is 2.89. The second-order valence-electron chi connectivity index (χ2n) is 6.12. The maximum absolute atomic E-state index is 12.3. The van der Waals surface area contributed by atoms with Gasteiger partial charge in [0.15, 0.2) is 0 Å². The van der Waals surface area contributed by atoms with Crippen LogP contribution in [0.4, 0.5) is 0 Å². The highest BCUT2D eigenvalue weighted by atomic mass is 16.2. The van der Waals surface area contributed by atoms with Gasteiger partial charge in [-0.15, -0.1) is 0 Å². The first kappa shape index (κ1) is 17.9. The van der Waals surface area contributed by atoms with Gasteiger partial charge in [-0.1, -0.05) is 27.7 Å². The molecule has 0 aliphatic rings. The first-order valence-corrected chi connectivity index (χ1v) is 6.77. The largest absolute Gasteiger partial charge is 0.347 e.